The zero-order valence-corrected chi connectivity index (χ0v) is 20.8. The number of hydrogen-bond donors (Lipinski definition) is 1. The van der Waals surface area contributed by atoms with Crippen molar-refractivity contribution >= 4 is 0 Å². The molecule has 5 nitrogen and oxygen atoms in total. The molecule has 2 aromatic carbocycles. The van der Waals surface area contributed by atoms with Crippen LogP contribution in [0, 0.1) is 6.92 Å². The van der Waals surface area contributed by atoms with E-state index in [2.05, 4.69) is 51.7 Å². The maximum atomic E-state index is 10.6. The van der Waals surface area contributed by atoms with Crippen molar-refractivity contribution in [2.24, 2.45) is 0 Å². The summed E-state index contributed by atoms with van der Waals surface area (Å²) in [7, 11) is 0. The Bertz CT molecular complexity index is 980. The normalized spacial score (nSPS) is 12.5. The van der Waals surface area contributed by atoms with Gasteiger partial charge in [-0.05, 0) is 57.9 Å². The third-order valence-electron chi connectivity index (χ3n) is 6.02. The van der Waals surface area contributed by atoms with Gasteiger partial charge in [-0.1, -0.05) is 62.6 Å². The van der Waals surface area contributed by atoms with Crippen LogP contribution in [0.5, 0.6) is 11.6 Å². The van der Waals surface area contributed by atoms with Crippen LogP contribution in [0.15, 0.2) is 54.6 Å². The van der Waals surface area contributed by atoms with Gasteiger partial charge in [0, 0.05) is 19.1 Å². The number of unbranched alkanes of at least 4 members (excludes halogenated alkanes) is 1. The molecule has 1 heterocycles. The average Bonchev–Trinajstić information content (AvgIpc) is 3.16. The van der Waals surface area contributed by atoms with Crippen molar-refractivity contribution in [1.29, 1.82) is 0 Å². The van der Waals surface area contributed by atoms with Gasteiger partial charge in [0.05, 0.1) is 23.0 Å². The van der Waals surface area contributed by atoms with Gasteiger partial charge in [-0.25, -0.2) is 4.68 Å². The number of rotatable bonds is 12. The van der Waals surface area contributed by atoms with Crippen molar-refractivity contribution in [2.45, 2.75) is 79.0 Å². The van der Waals surface area contributed by atoms with Gasteiger partial charge in [-0.2, -0.15) is 5.10 Å². The molecule has 0 amide bonds. The zero-order valence-electron chi connectivity index (χ0n) is 20.8. The number of benzene rings is 2. The number of aliphatic hydroxyl groups is 1. The summed E-state index contributed by atoms with van der Waals surface area (Å²) in [5, 5.41) is 15.6. The molecule has 1 N–H and O–H groups in total. The second-order valence-electron chi connectivity index (χ2n) is 9.07. The lowest BCUT2D eigenvalue weighted by Crippen LogP contribution is -2.37. The van der Waals surface area contributed by atoms with Crippen molar-refractivity contribution in [2.75, 3.05) is 6.54 Å². The van der Waals surface area contributed by atoms with Crippen LogP contribution in [0.25, 0.3) is 5.69 Å². The van der Waals surface area contributed by atoms with E-state index in [0.717, 1.165) is 54.3 Å². The predicted octanol–water partition coefficient (Wildman–Crippen LogP) is 6.30. The van der Waals surface area contributed by atoms with Crippen LogP contribution in [0.1, 0.15) is 63.8 Å². The van der Waals surface area contributed by atoms with Gasteiger partial charge in [-0.15, -0.1) is 0 Å². The first-order chi connectivity index (χ1) is 15.9. The largest absolute Gasteiger partial charge is 0.439 e. The minimum atomic E-state index is -0.330. The van der Waals surface area contributed by atoms with Crippen LogP contribution < -0.4 is 4.74 Å². The van der Waals surface area contributed by atoms with E-state index >= 15 is 0 Å². The van der Waals surface area contributed by atoms with E-state index in [-0.39, 0.29) is 6.10 Å². The minimum Gasteiger partial charge on any atom is -0.439 e. The molecule has 178 valence electrons. The first-order valence-electron chi connectivity index (χ1n) is 12.3. The Morgan fingerprint density at radius 3 is 2.33 bits per heavy atom. The highest BCUT2D eigenvalue weighted by Crippen LogP contribution is 2.33. The van der Waals surface area contributed by atoms with Gasteiger partial charge in [0.15, 0.2) is 0 Å². The molecule has 0 saturated carbocycles. The Morgan fingerprint density at radius 2 is 1.73 bits per heavy atom. The summed E-state index contributed by atoms with van der Waals surface area (Å²) < 4.78 is 8.41. The first-order valence-corrected chi connectivity index (χ1v) is 12.3. The molecule has 1 aromatic heterocycles. The van der Waals surface area contributed by atoms with E-state index in [0.29, 0.717) is 19.1 Å². The Kier molecular flexibility index (Phi) is 9.10. The second kappa shape index (κ2) is 12.0. The van der Waals surface area contributed by atoms with Crippen molar-refractivity contribution < 1.29 is 9.84 Å². The molecule has 5 heteroatoms. The third kappa shape index (κ3) is 6.68. The van der Waals surface area contributed by atoms with E-state index < -0.39 is 0 Å². The van der Waals surface area contributed by atoms with E-state index in [1.54, 1.807) is 0 Å². The van der Waals surface area contributed by atoms with E-state index in [1.165, 1.54) is 5.56 Å². The Balaban J connectivity index is 2.00. The number of para-hydroxylation sites is 1. The fraction of sp³-hybridized carbons (Fsp3) is 0.464. The molecule has 0 saturated heterocycles. The first kappa shape index (κ1) is 25.0. The summed E-state index contributed by atoms with van der Waals surface area (Å²) in [4.78, 5) is 2.33. The molecule has 0 aliphatic carbocycles. The fourth-order valence-corrected chi connectivity index (χ4v) is 3.95. The zero-order chi connectivity index (χ0) is 23.8. The highest BCUT2D eigenvalue weighted by Gasteiger charge is 2.24. The van der Waals surface area contributed by atoms with Crippen LogP contribution in [0.4, 0.5) is 0 Å². The van der Waals surface area contributed by atoms with E-state index in [1.807, 2.05) is 47.1 Å². The summed E-state index contributed by atoms with van der Waals surface area (Å²) in [5.74, 6) is 1.54. The van der Waals surface area contributed by atoms with Crippen molar-refractivity contribution in [3.8, 4) is 17.3 Å². The quantitative estimate of drug-likeness (QED) is 0.353. The lowest BCUT2D eigenvalue weighted by atomic mass is 10.1. The number of hydrogen-bond acceptors (Lipinski definition) is 4. The number of aryl methyl sites for hydroxylation is 2. The lowest BCUT2D eigenvalue weighted by molar-refractivity contribution is 0.0826. The molecule has 3 aromatic rings. The van der Waals surface area contributed by atoms with Gasteiger partial charge >= 0.3 is 0 Å². The lowest BCUT2D eigenvalue weighted by Gasteiger charge is -2.29. The topological polar surface area (TPSA) is 50.5 Å². The minimum absolute atomic E-state index is 0.290. The Morgan fingerprint density at radius 1 is 1.03 bits per heavy atom. The van der Waals surface area contributed by atoms with Crippen LogP contribution in [-0.2, 0) is 13.0 Å². The molecular weight excluding hydrogens is 410 g/mol. The molecule has 33 heavy (non-hydrogen) atoms. The van der Waals surface area contributed by atoms with Crippen LogP contribution in [-0.4, -0.2) is 38.5 Å². The number of aliphatic hydroxyl groups excluding tert-OH is 1. The fourth-order valence-electron chi connectivity index (χ4n) is 3.95. The van der Waals surface area contributed by atoms with Gasteiger partial charge < -0.3 is 9.84 Å². The molecular formula is C28H39N3O2. The van der Waals surface area contributed by atoms with Gasteiger partial charge in [0.25, 0.3) is 0 Å². The SMILES string of the molecule is CCCCC(O)CN(Cc1c(CC)nn(-c2ccccc2)c1Oc1ccc(C)cc1)C(C)C. The van der Waals surface area contributed by atoms with Crippen LogP contribution in [0.3, 0.4) is 0 Å². The van der Waals surface area contributed by atoms with Gasteiger partial charge in [0.2, 0.25) is 5.88 Å². The van der Waals surface area contributed by atoms with Crippen molar-refractivity contribution in [3.05, 3.63) is 71.4 Å². The summed E-state index contributed by atoms with van der Waals surface area (Å²) in [6, 6.07) is 18.5. The Labute approximate surface area is 199 Å². The van der Waals surface area contributed by atoms with Crippen molar-refractivity contribution in [1.82, 2.24) is 14.7 Å². The molecule has 1 atom stereocenters. The summed E-state index contributed by atoms with van der Waals surface area (Å²) in [5.41, 5.74) is 4.27. The standard InChI is InChI=1S/C28H39N3O2/c1-6-8-14-24(32)19-30(21(3)4)20-26-27(7-2)29-31(23-12-10-9-11-13-23)28(26)33-25-17-15-22(5)16-18-25/h9-13,15-18,21,24,32H,6-8,14,19-20H2,1-5H3. The van der Waals surface area contributed by atoms with E-state index in [4.69, 9.17) is 9.84 Å². The van der Waals surface area contributed by atoms with Crippen LogP contribution >= 0.6 is 0 Å². The van der Waals surface area contributed by atoms with E-state index in [9.17, 15) is 5.11 Å². The molecule has 0 fully saturated rings. The average molecular weight is 450 g/mol. The molecule has 1 unspecified atom stereocenters. The summed E-state index contributed by atoms with van der Waals surface area (Å²) >= 11 is 0. The Hall–Kier alpha value is -2.63. The maximum Gasteiger partial charge on any atom is 0.227 e. The third-order valence-corrected chi connectivity index (χ3v) is 6.02. The summed E-state index contributed by atoms with van der Waals surface area (Å²) in [6.45, 7) is 12.0. The summed E-state index contributed by atoms with van der Waals surface area (Å²) in [6.07, 6.45) is 3.45. The molecule has 0 radical (unpaired) electrons. The molecule has 3 rings (SSSR count). The van der Waals surface area contributed by atoms with Crippen LogP contribution in [0.2, 0.25) is 0 Å². The number of ether oxygens (including phenoxy) is 1. The smallest absolute Gasteiger partial charge is 0.227 e. The molecule has 0 spiro atoms. The predicted molar refractivity (Wildman–Crippen MR) is 135 cm³/mol. The monoisotopic (exact) mass is 449 g/mol. The second-order valence-corrected chi connectivity index (χ2v) is 9.07. The highest BCUT2D eigenvalue weighted by atomic mass is 16.5. The maximum absolute atomic E-state index is 10.6. The van der Waals surface area contributed by atoms with Gasteiger partial charge in [0.1, 0.15) is 5.75 Å². The number of nitrogens with zero attached hydrogens (tertiary/aromatic N) is 3. The highest BCUT2D eigenvalue weighted by molar-refractivity contribution is 5.44. The molecule has 0 aliphatic rings. The van der Waals surface area contributed by atoms with Gasteiger partial charge in [-0.3, -0.25) is 4.90 Å². The number of aromatic nitrogens is 2. The molecule has 0 aliphatic heterocycles. The van der Waals surface area contributed by atoms with Crippen molar-refractivity contribution in [3.63, 3.8) is 0 Å². The molecule has 0 bridgehead atoms.